The Labute approximate surface area is 113 Å². The molecule has 0 aliphatic carbocycles. The third-order valence-corrected chi connectivity index (χ3v) is 3.58. The van der Waals surface area contributed by atoms with Gasteiger partial charge in [0.15, 0.2) is 0 Å². The van der Waals surface area contributed by atoms with Crippen LogP contribution in [0.25, 0.3) is 0 Å². The van der Waals surface area contributed by atoms with Gasteiger partial charge in [0.05, 0.1) is 0 Å². The Morgan fingerprint density at radius 3 is 3.06 bits per heavy atom. The zero-order chi connectivity index (χ0) is 13.2. The van der Waals surface area contributed by atoms with E-state index in [1.807, 2.05) is 22.9 Å². The first kappa shape index (κ1) is 15.1. The van der Waals surface area contributed by atoms with Crippen LogP contribution in [0.4, 0.5) is 0 Å². The van der Waals surface area contributed by atoms with Crippen LogP contribution in [0.2, 0.25) is 0 Å². The number of carbonyl (C=O) groups is 1. The van der Waals surface area contributed by atoms with Gasteiger partial charge in [-0.15, -0.1) is 0 Å². The van der Waals surface area contributed by atoms with E-state index in [1.165, 1.54) is 0 Å². The number of nitrogens with one attached hydrogen (secondary N) is 1. The predicted molar refractivity (Wildman–Crippen MR) is 76.1 cm³/mol. The lowest BCUT2D eigenvalue weighted by Crippen LogP contribution is -2.28. The number of rotatable bonds is 9. The zero-order valence-electron chi connectivity index (χ0n) is 10.9. The molecule has 1 aromatic heterocycles. The number of aliphatic hydroxyl groups is 1. The summed E-state index contributed by atoms with van der Waals surface area (Å²) in [6.07, 6.45) is 3.78. The van der Waals surface area contributed by atoms with Gasteiger partial charge < -0.3 is 15.0 Å². The Morgan fingerprint density at radius 2 is 2.33 bits per heavy atom. The summed E-state index contributed by atoms with van der Waals surface area (Å²) in [7, 11) is 0. The van der Waals surface area contributed by atoms with Gasteiger partial charge in [-0.3, -0.25) is 4.79 Å². The Morgan fingerprint density at radius 1 is 1.50 bits per heavy atom. The van der Waals surface area contributed by atoms with Gasteiger partial charge in [-0.05, 0) is 30.7 Å². The van der Waals surface area contributed by atoms with Crippen molar-refractivity contribution >= 4 is 17.7 Å². The first-order chi connectivity index (χ1) is 8.79. The number of carbonyl (C=O) groups excluding carboxylic acids is 1. The quantitative estimate of drug-likeness (QED) is 0.672. The highest BCUT2D eigenvalue weighted by Gasteiger charge is 2.09. The number of hydrogen-bond donors (Lipinski definition) is 2. The number of nitrogens with zero attached hydrogens (tertiary/aromatic N) is 1. The molecule has 0 unspecified atom stereocenters. The Bertz CT molecular complexity index is 353. The van der Waals surface area contributed by atoms with E-state index in [-0.39, 0.29) is 12.5 Å². The van der Waals surface area contributed by atoms with E-state index in [2.05, 4.69) is 12.2 Å². The fraction of sp³-hybridized carbons (Fsp3) is 0.615. The highest BCUT2D eigenvalue weighted by molar-refractivity contribution is 7.99. The summed E-state index contributed by atoms with van der Waals surface area (Å²) >= 11 is 1.75. The Balaban J connectivity index is 2.25. The van der Waals surface area contributed by atoms with Crippen molar-refractivity contribution in [2.45, 2.75) is 26.3 Å². The van der Waals surface area contributed by atoms with E-state index in [9.17, 15) is 4.79 Å². The van der Waals surface area contributed by atoms with Gasteiger partial charge in [-0.25, -0.2) is 0 Å². The Kier molecular flexibility index (Phi) is 7.60. The van der Waals surface area contributed by atoms with E-state index in [1.54, 1.807) is 11.8 Å². The van der Waals surface area contributed by atoms with Gasteiger partial charge in [0.1, 0.15) is 5.69 Å². The van der Waals surface area contributed by atoms with Crippen molar-refractivity contribution in [1.82, 2.24) is 9.88 Å². The zero-order valence-corrected chi connectivity index (χ0v) is 11.7. The van der Waals surface area contributed by atoms with Crippen molar-refractivity contribution in [2.75, 3.05) is 24.7 Å². The topological polar surface area (TPSA) is 54.3 Å². The van der Waals surface area contributed by atoms with Gasteiger partial charge in [0, 0.05) is 31.6 Å². The average molecular weight is 270 g/mol. The minimum absolute atomic E-state index is 0.00351. The molecule has 18 heavy (non-hydrogen) atoms. The molecule has 0 aromatic carbocycles. The average Bonchev–Trinajstić information content (AvgIpc) is 2.82. The SMILES string of the molecule is CCCn1cccc1C(=O)NCCSCCCO. The molecule has 1 aromatic rings. The van der Waals surface area contributed by atoms with Crippen molar-refractivity contribution in [3.05, 3.63) is 24.0 Å². The lowest BCUT2D eigenvalue weighted by Gasteiger charge is -2.08. The molecule has 0 radical (unpaired) electrons. The van der Waals surface area contributed by atoms with Crippen LogP contribution in [0, 0.1) is 0 Å². The van der Waals surface area contributed by atoms with E-state index in [4.69, 9.17) is 5.11 Å². The van der Waals surface area contributed by atoms with Gasteiger partial charge >= 0.3 is 0 Å². The molecule has 102 valence electrons. The second kappa shape index (κ2) is 9.05. The van der Waals surface area contributed by atoms with E-state index in [0.29, 0.717) is 6.54 Å². The maximum absolute atomic E-state index is 11.9. The lowest BCUT2D eigenvalue weighted by atomic mass is 10.4. The van der Waals surface area contributed by atoms with Gasteiger partial charge in [-0.1, -0.05) is 6.92 Å². The summed E-state index contributed by atoms with van der Waals surface area (Å²) in [5.74, 6) is 1.83. The summed E-state index contributed by atoms with van der Waals surface area (Å²) in [5, 5.41) is 11.5. The highest BCUT2D eigenvalue weighted by atomic mass is 32.2. The molecule has 0 saturated heterocycles. The molecule has 0 fully saturated rings. The molecule has 5 heteroatoms. The summed E-state index contributed by atoms with van der Waals surface area (Å²) < 4.78 is 1.98. The molecule has 0 aliphatic heterocycles. The molecule has 2 N–H and O–H groups in total. The summed E-state index contributed by atoms with van der Waals surface area (Å²) in [6, 6.07) is 3.75. The van der Waals surface area contributed by atoms with E-state index in [0.717, 1.165) is 36.6 Å². The standard InChI is InChI=1S/C13H22N2O2S/c1-2-7-15-8-3-5-12(15)13(17)14-6-11-18-10-4-9-16/h3,5,8,16H,2,4,6-7,9-11H2,1H3,(H,14,17). The van der Waals surface area contributed by atoms with Crippen molar-refractivity contribution in [1.29, 1.82) is 0 Å². The molecular weight excluding hydrogens is 248 g/mol. The first-order valence-electron chi connectivity index (χ1n) is 6.41. The predicted octanol–water partition coefficient (Wildman–Crippen LogP) is 1.74. The largest absolute Gasteiger partial charge is 0.396 e. The number of aliphatic hydroxyl groups excluding tert-OH is 1. The molecule has 1 heterocycles. The molecule has 1 rings (SSSR count). The van der Waals surface area contributed by atoms with Crippen LogP contribution in [0.1, 0.15) is 30.3 Å². The van der Waals surface area contributed by atoms with Crippen LogP contribution in [0.3, 0.4) is 0 Å². The fourth-order valence-corrected chi connectivity index (χ4v) is 2.44. The van der Waals surface area contributed by atoms with Crippen molar-refractivity contribution in [3.8, 4) is 0 Å². The van der Waals surface area contributed by atoms with Crippen molar-refractivity contribution < 1.29 is 9.90 Å². The van der Waals surface area contributed by atoms with Crippen LogP contribution >= 0.6 is 11.8 Å². The highest BCUT2D eigenvalue weighted by Crippen LogP contribution is 2.04. The van der Waals surface area contributed by atoms with Crippen molar-refractivity contribution in [3.63, 3.8) is 0 Å². The summed E-state index contributed by atoms with van der Waals surface area (Å²) in [5.41, 5.74) is 0.734. The lowest BCUT2D eigenvalue weighted by molar-refractivity contribution is 0.0947. The van der Waals surface area contributed by atoms with Gasteiger partial charge in [0.25, 0.3) is 5.91 Å². The molecule has 1 amide bonds. The van der Waals surface area contributed by atoms with Gasteiger partial charge in [0.2, 0.25) is 0 Å². The summed E-state index contributed by atoms with van der Waals surface area (Å²) in [4.78, 5) is 11.9. The molecular formula is C13H22N2O2S. The van der Waals surface area contributed by atoms with Crippen LogP contribution in [0.15, 0.2) is 18.3 Å². The van der Waals surface area contributed by atoms with Crippen LogP contribution < -0.4 is 5.32 Å². The maximum Gasteiger partial charge on any atom is 0.267 e. The molecule has 0 saturated carbocycles. The van der Waals surface area contributed by atoms with Crippen molar-refractivity contribution in [2.24, 2.45) is 0 Å². The third kappa shape index (κ3) is 5.14. The smallest absolute Gasteiger partial charge is 0.267 e. The second-order valence-corrected chi connectivity index (χ2v) is 5.26. The van der Waals surface area contributed by atoms with E-state index >= 15 is 0 Å². The molecule has 0 bridgehead atoms. The molecule has 4 nitrogen and oxygen atoms in total. The number of aryl methyl sites for hydroxylation is 1. The number of hydrogen-bond acceptors (Lipinski definition) is 3. The third-order valence-electron chi connectivity index (χ3n) is 2.51. The molecule has 0 atom stereocenters. The minimum atomic E-state index is -0.00351. The fourth-order valence-electron chi connectivity index (χ4n) is 1.65. The van der Waals surface area contributed by atoms with E-state index < -0.39 is 0 Å². The van der Waals surface area contributed by atoms with Crippen LogP contribution in [0.5, 0.6) is 0 Å². The molecule has 0 aliphatic rings. The second-order valence-electron chi connectivity index (χ2n) is 4.03. The first-order valence-corrected chi connectivity index (χ1v) is 7.57. The minimum Gasteiger partial charge on any atom is -0.396 e. The normalized spacial score (nSPS) is 10.6. The monoisotopic (exact) mass is 270 g/mol. The number of amides is 1. The molecule has 0 spiro atoms. The summed E-state index contributed by atoms with van der Waals surface area (Å²) in [6.45, 7) is 3.89. The number of thioether (sulfide) groups is 1. The van der Waals surface area contributed by atoms with Gasteiger partial charge in [-0.2, -0.15) is 11.8 Å². The van der Waals surface area contributed by atoms with Crippen LogP contribution in [-0.4, -0.2) is 40.2 Å². The Hall–Kier alpha value is -0.940. The number of aromatic nitrogens is 1. The van der Waals surface area contributed by atoms with Crippen LogP contribution in [-0.2, 0) is 6.54 Å². The maximum atomic E-state index is 11.9.